The second-order valence-corrected chi connectivity index (χ2v) is 8.79. The third-order valence-electron chi connectivity index (χ3n) is 5.91. The quantitative estimate of drug-likeness (QED) is 0.190. The van der Waals surface area contributed by atoms with Crippen molar-refractivity contribution in [2.45, 2.75) is 128 Å². The second-order valence-electron chi connectivity index (χ2n) is 8.79. The maximum atomic E-state index is 9.96. The Morgan fingerprint density at radius 2 is 1.37 bits per heavy atom. The first kappa shape index (κ1) is 27.6. The van der Waals surface area contributed by atoms with Crippen LogP contribution in [0.25, 0.3) is 0 Å². The number of ether oxygens (including phenoxy) is 2. The van der Waals surface area contributed by atoms with Crippen LogP contribution < -0.4 is 0 Å². The smallest absolute Gasteiger partial charge is 0.114 e. The summed E-state index contributed by atoms with van der Waals surface area (Å²) in [6.07, 6.45) is 20.5. The third-order valence-corrected chi connectivity index (χ3v) is 5.91. The van der Waals surface area contributed by atoms with Gasteiger partial charge in [-0.25, -0.2) is 0 Å². The predicted octanol–water partition coefficient (Wildman–Crippen LogP) is 4.91. The first-order valence-corrected chi connectivity index (χ1v) is 12.5. The van der Waals surface area contributed by atoms with Crippen molar-refractivity contribution in [1.82, 2.24) is 0 Å². The van der Waals surface area contributed by atoms with Crippen LogP contribution in [0.15, 0.2) is 12.2 Å². The molecule has 1 heterocycles. The molecule has 0 saturated carbocycles. The van der Waals surface area contributed by atoms with E-state index in [0.29, 0.717) is 6.61 Å². The Bertz CT molecular complexity index is 401. The molecular weight excluding hydrogens is 380 g/mol. The van der Waals surface area contributed by atoms with E-state index < -0.39 is 24.4 Å². The number of rotatable bonds is 20. The minimum absolute atomic E-state index is 0.0682. The number of allylic oxidation sites excluding steroid dienone is 2. The van der Waals surface area contributed by atoms with Gasteiger partial charge in [-0.15, -0.1) is 0 Å². The van der Waals surface area contributed by atoms with Crippen LogP contribution in [0.3, 0.4) is 0 Å². The van der Waals surface area contributed by atoms with Gasteiger partial charge in [0, 0.05) is 6.61 Å². The summed E-state index contributed by atoms with van der Waals surface area (Å²) in [6.45, 7) is 3.09. The van der Waals surface area contributed by atoms with Gasteiger partial charge in [-0.3, -0.25) is 0 Å². The van der Waals surface area contributed by atoms with E-state index in [1.165, 1.54) is 83.5 Å². The minimum Gasteiger partial charge on any atom is -0.388 e. The number of hydrogen-bond acceptors (Lipinski definition) is 5. The monoisotopic (exact) mass is 428 g/mol. The average Bonchev–Trinajstić information content (AvgIpc) is 3.08. The molecule has 1 aliphatic rings. The van der Waals surface area contributed by atoms with Crippen molar-refractivity contribution >= 4 is 0 Å². The van der Waals surface area contributed by atoms with Crippen LogP contribution in [-0.2, 0) is 9.47 Å². The van der Waals surface area contributed by atoms with Gasteiger partial charge in [0.1, 0.15) is 24.4 Å². The van der Waals surface area contributed by atoms with Crippen LogP contribution in [0.4, 0.5) is 0 Å². The number of hydrogen-bond donors (Lipinski definition) is 3. The molecule has 4 atom stereocenters. The molecule has 0 aromatic heterocycles. The molecule has 0 aliphatic carbocycles. The Labute approximate surface area is 184 Å². The van der Waals surface area contributed by atoms with E-state index in [1.807, 2.05) is 0 Å². The molecule has 1 saturated heterocycles. The lowest BCUT2D eigenvalue weighted by molar-refractivity contribution is -0.0813. The van der Waals surface area contributed by atoms with E-state index in [0.717, 1.165) is 12.8 Å². The van der Waals surface area contributed by atoms with Gasteiger partial charge in [0.25, 0.3) is 0 Å². The maximum Gasteiger partial charge on any atom is 0.114 e. The SMILES string of the molecule is CCCCCCC/C=C/CCCCCCCCCCOC[C@@H](O)[C@@H]1OC[C@H](O)[C@@H]1O. The average molecular weight is 429 g/mol. The van der Waals surface area contributed by atoms with E-state index in [-0.39, 0.29) is 13.2 Å². The van der Waals surface area contributed by atoms with Gasteiger partial charge in [-0.05, 0) is 32.1 Å². The molecule has 0 radical (unpaired) electrons. The van der Waals surface area contributed by atoms with Crippen LogP contribution in [0, 0.1) is 0 Å². The summed E-state index contributed by atoms with van der Waals surface area (Å²) in [6, 6.07) is 0. The van der Waals surface area contributed by atoms with E-state index >= 15 is 0 Å². The van der Waals surface area contributed by atoms with Gasteiger partial charge in [0.15, 0.2) is 0 Å². The van der Waals surface area contributed by atoms with Gasteiger partial charge in [0.05, 0.1) is 13.2 Å². The Kier molecular flexibility index (Phi) is 17.7. The first-order chi connectivity index (χ1) is 14.7. The molecule has 0 bridgehead atoms. The van der Waals surface area contributed by atoms with Crippen LogP contribution in [-0.4, -0.2) is 59.6 Å². The third kappa shape index (κ3) is 13.8. The fourth-order valence-electron chi connectivity index (χ4n) is 3.89. The lowest BCUT2D eigenvalue weighted by atomic mass is 10.1. The standard InChI is InChI=1S/C25H48O5/c1-2-3-4-5-6-7-8-9-10-11-12-13-14-15-16-17-18-19-29-20-23(27)25-24(28)22(26)21-30-25/h8-9,22-28H,2-7,10-21H2,1H3/b9-8+/t22-,23+,24-,25-/m0/s1. The minimum atomic E-state index is -1.03. The highest BCUT2D eigenvalue weighted by atomic mass is 16.5. The number of unbranched alkanes of at least 4 members (excludes halogenated alkanes) is 13. The molecule has 178 valence electrons. The molecule has 1 rings (SSSR count). The summed E-state index contributed by atoms with van der Waals surface area (Å²) < 4.78 is 10.7. The molecule has 1 fully saturated rings. The molecule has 0 unspecified atom stereocenters. The van der Waals surface area contributed by atoms with Crippen molar-refractivity contribution in [2.75, 3.05) is 19.8 Å². The molecule has 0 amide bonds. The van der Waals surface area contributed by atoms with Crippen molar-refractivity contribution in [3.05, 3.63) is 12.2 Å². The summed E-state index contributed by atoms with van der Waals surface area (Å²) in [5.74, 6) is 0. The van der Waals surface area contributed by atoms with Crippen molar-refractivity contribution in [3.63, 3.8) is 0 Å². The fourth-order valence-corrected chi connectivity index (χ4v) is 3.89. The molecule has 0 aromatic rings. The van der Waals surface area contributed by atoms with E-state index in [9.17, 15) is 15.3 Å². The van der Waals surface area contributed by atoms with Crippen molar-refractivity contribution in [3.8, 4) is 0 Å². The number of aliphatic hydroxyl groups is 3. The summed E-state index contributed by atoms with van der Waals surface area (Å²) in [7, 11) is 0. The number of aliphatic hydroxyl groups excluding tert-OH is 3. The van der Waals surface area contributed by atoms with Crippen molar-refractivity contribution in [2.24, 2.45) is 0 Å². The summed E-state index contributed by atoms with van der Waals surface area (Å²) >= 11 is 0. The molecule has 0 aromatic carbocycles. The molecule has 0 spiro atoms. The van der Waals surface area contributed by atoms with Crippen LogP contribution in [0.1, 0.15) is 103 Å². The Hall–Kier alpha value is -0.460. The van der Waals surface area contributed by atoms with Crippen molar-refractivity contribution in [1.29, 1.82) is 0 Å². The molecule has 5 heteroatoms. The summed E-state index contributed by atoms with van der Waals surface area (Å²) in [4.78, 5) is 0. The van der Waals surface area contributed by atoms with Crippen LogP contribution >= 0.6 is 0 Å². The highest BCUT2D eigenvalue weighted by Crippen LogP contribution is 2.18. The van der Waals surface area contributed by atoms with Crippen LogP contribution in [0.5, 0.6) is 0 Å². The van der Waals surface area contributed by atoms with Crippen molar-refractivity contribution < 1.29 is 24.8 Å². The maximum absolute atomic E-state index is 9.96. The van der Waals surface area contributed by atoms with E-state index in [1.54, 1.807) is 0 Å². The Morgan fingerprint density at radius 1 is 0.833 bits per heavy atom. The van der Waals surface area contributed by atoms with Gasteiger partial charge in [-0.1, -0.05) is 83.3 Å². The first-order valence-electron chi connectivity index (χ1n) is 12.5. The molecule has 5 nitrogen and oxygen atoms in total. The molecule has 3 N–H and O–H groups in total. The zero-order chi connectivity index (χ0) is 21.9. The highest BCUT2D eigenvalue weighted by Gasteiger charge is 2.39. The Morgan fingerprint density at radius 3 is 1.90 bits per heavy atom. The second kappa shape index (κ2) is 19.2. The van der Waals surface area contributed by atoms with Crippen LogP contribution in [0.2, 0.25) is 0 Å². The zero-order valence-electron chi connectivity index (χ0n) is 19.4. The fraction of sp³-hybridized carbons (Fsp3) is 0.920. The van der Waals surface area contributed by atoms with E-state index in [4.69, 9.17) is 9.47 Å². The molecule has 30 heavy (non-hydrogen) atoms. The largest absolute Gasteiger partial charge is 0.388 e. The highest BCUT2D eigenvalue weighted by molar-refractivity contribution is 4.87. The normalized spacial score (nSPS) is 22.9. The Balaban J connectivity index is 1.76. The molecular formula is C25H48O5. The summed E-state index contributed by atoms with van der Waals surface area (Å²) in [5, 5.41) is 29.1. The van der Waals surface area contributed by atoms with Gasteiger partial charge >= 0.3 is 0 Å². The zero-order valence-corrected chi connectivity index (χ0v) is 19.4. The van der Waals surface area contributed by atoms with Gasteiger partial charge in [0.2, 0.25) is 0 Å². The lowest BCUT2D eigenvalue weighted by Gasteiger charge is -2.20. The van der Waals surface area contributed by atoms with E-state index in [2.05, 4.69) is 19.1 Å². The molecule has 1 aliphatic heterocycles. The summed E-state index contributed by atoms with van der Waals surface area (Å²) in [5.41, 5.74) is 0. The topological polar surface area (TPSA) is 79.2 Å². The van der Waals surface area contributed by atoms with Gasteiger partial charge in [-0.2, -0.15) is 0 Å². The predicted molar refractivity (Wildman–Crippen MR) is 123 cm³/mol. The lowest BCUT2D eigenvalue weighted by Crippen LogP contribution is -2.40. The van der Waals surface area contributed by atoms with Gasteiger partial charge < -0.3 is 24.8 Å².